The summed E-state index contributed by atoms with van der Waals surface area (Å²) < 4.78 is 10.9. The van der Waals surface area contributed by atoms with Gasteiger partial charge in [0.2, 0.25) is 6.29 Å². The quantitative estimate of drug-likeness (QED) is 0.490. The number of imidazole rings is 1. The Morgan fingerprint density at radius 3 is 2.55 bits per heavy atom. The van der Waals surface area contributed by atoms with Crippen LogP contribution in [0.3, 0.4) is 0 Å². The van der Waals surface area contributed by atoms with Gasteiger partial charge in [-0.2, -0.15) is 4.73 Å². The van der Waals surface area contributed by atoms with Crippen LogP contribution in [0.4, 0.5) is 0 Å². The van der Waals surface area contributed by atoms with Crippen molar-refractivity contribution < 1.29 is 39.2 Å². The molecule has 1 saturated heterocycles. The fourth-order valence-corrected chi connectivity index (χ4v) is 1.82. The standard InChI is InChI=1S/C12H16N2O8/c15-5-7-10(18)11(19)12(20-7)21-8(16)1-2-9(17)22-14-4-3-13-6-14/h3-4,6-7,10-12,15,18-19H,1-2,5H2/t7-,10-,11-,12?/m1/s1. The Morgan fingerprint density at radius 2 is 1.95 bits per heavy atom. The maximum absolute atomic E-state index is 11.6. The number of aromatic nitrogens is 2. The number of rotatable bonds is 6. The average molecular weight is 316 g/mol. The summed E-state index contributed by atoms with van der Waals surface area (Å²) in [6, 6.07) is 0. The Labute approximate surface area is 124 Å². The lowest BCUT2D eigenvalue weighted by molar-refractivity contribution is -0.190. The zero-order valence-electron chi connectivity index (χ0n) is 11.4. The van der Waals surface area contributed by atoms with Gasteiger partial charge in [0, 0.05) is 6.20 Å². The molecule has 2 rings (SSSR count). The van der Waals surface area contributed by atoms with E-state index in [1.54, 1.807) is 0 Å². The molecule has 0 saturated carbocycles. The molecule has 0 aliphatic carbocycles. The first kappa shape index (κ1) is 16.4. The van der Waals surface area contributed by atoms with Gasteiger partial charge in [-0.1, -0.05) is 0 Å². The van der Waals surface area contributed by atoms with Crippen LogP contribution in [0.2, 0.25) is 0 Å². The van der Waals surface area contributed by atoms with Crippen LogP contribution >= 0.6 is 0 Å². The summed E-state index contributed by atoms with van der Waals surface area (Å²) in [5.74, 6) is -1.48. The molecule has 1 aliphatic rings. The smallest absolute Gasteiger partial charge is 0.333 e. The van der Waals surface area contributed by atoms with Crippen LogP contribution in [0.25, 0.3) is 0 Å². The van der Waals surface area contributed by atoms with Crippen LogP contribution in [-0.2, 0) is 19.1 Å². The van der Waals surface area contributed by atoms with E-state index in [0.717, 1.165) is 4.73 Å². The average Bonchev–Trinajstić information content (AvgIpc) is 3.09. The van der Waals surface area contributed by atoms with E-state index in [1.807, 2.05) is 0 Å². The largest absolute Gasteiger partial charge is 0.433 e. The molecule has 1 unspecified atom stereocenters. The number of carbonyl (C=O) groups is 2. The summed E-state index contributed by atoms with van der Waals surface area (Å²) >= 11 is 0. The first-order valence-corrected chi connectivity index (χ1v) is 6.52. The van der Waals surface area contributed by atoms with Crippen LogP contribution in [0, 0.1) is 0 Å². The Bertz CT molecular complexity index is 505. The molecule has 0 bridgehead atoms. The molecule has 10 nitrogen and oxygen atoms in total. The Balaban J connectivity index is 1.73. The number of aliphatic hydroxyl groups excluding tert-OH is 3. The van der Waals surface area contributed by atoms with Gasteiger partial charge in [0.05, 0.1) is 25.6 Å². The molecule has 2 heterocycles. The van der Waals surface area contributed by atoms with Gasteiger partial charge in [-0.15, -0.1) is 0 Å². The van der Waals surface area contributed by atoms with E-state index in [9.17, 15) is 19.8 Å². The van der Waals surface area contributed by atoms with Crippen molar-refractivity contribution in [1.82, 2.24) is 9.71 Å². The minimum atomic E-state index is -1.46. The summed E-state index contributed by atoms with van der Waals surface area (Å²) in [4.78, 5) is 31.5. The summed E-state index contributed by atoms with van der Waals surface area (Å²) in [5, 5.41) is 28.0. The van der Waals surface area contributed by atoms with E-state index in [4.69, 9.17) is 19.4 Å². The van der Waals surface area contributed by atoms with Gasteiger partial charge in [0.1, 0.15) is 24.6 Å². The molecule has 0 aromatic carbocycles. The number of carbonyl (C=O) groups excluding carboxylic acids is 2. The maximum atomic E-state index is 11.6. The number of esters is 1. The highest BCUT2D eigenvalue weighted by Gasteiger charge is 2.44. The lowest BCUT2D eigenvalue weighted by Crippen LogP contribution is -2.35. The van der Waals surface area contributed by atoms with Crippen molar-refractivity contribution in [2.24, 2.45) is 0 Å². The van der Waals surface area contributed by atoms with Crippen molar-refractivity contribution in [1.29, 1.82) is 0 Å². The molecule has 4 atom stereocenters. The molecule has 122 valence electrons. The lowest BCUT2D eigenvalue weighted by Gasteiger charge is -2.15. The van der Waals surface area contributed by atoms with Crippen molar-refractivity contribution >= 4 is 11.9 Å². The SMILES string of the molecule is O=C(CCC(=O)On1ccnc1)OC1O[C@H](CO)[C@@H](O)[C@H]1O. The molecule has 1 fully saturated rings. The third-order valence-electron chi connectivity index (χ3n) is 2.97. The second-order valence-electron chi connectivity index (χ2n) is 4.58. The van der Waals surface area contributed by atoms with Gasteiger partial charge in [-0.25, -0.2) is 9.78 Å². The normalized spacial score (nSPS) is 27.6. The molecule has 1 aliphatic heterocycles. The van der Waals surface area contributed by atoms with Gasteiger partial charge in [-0.3, -0.25) is 4.79 Å². The van der Waals surface area contributed by atoms with Crippen LogP contribution in [-0.4, -0.2) is 68.2 Å². The van der Waals surface area contributed by atoms with E-state index >= 15 is 0 Å². The molecule has 22 heavy (non-hydrogen) atoms. The molecular weight excluding hydrogens is 300 g/mol. The van der Waals surface area contributed by atoms with Gasteiger partial charge in [0.15, 0.2) is 0 Å². The highest BCUT2D eigenvalue weighted by molar-refractivity contribution is 5.77. The topological polar surface area (TPSA) is 140 Å². The van der Waals surface area contributed by atoms with Crippen molar-refractivity contribution in [2.45, 2.75) is 37.4 Å². The predicted octanol–water partition coefficient (Wildman–Crippen LogP) is -2.40. The number of aliphatic hydroxyl groups is 3. The monoisotopic (exact) mass is 316 g/mol. The van der Waals surface area contributed by atoms with Crippen LogP contribution in [0.15, 0.2) is 18.7 Å². The van der Waals surface area contributed by atoms with Gasteiger partial charge >= 0.3 is 11.9 Å². The second-order valence-corrected chi connectivity index (χ2v) is 4.58. The fourth-order valence-electron chi connectivity index (χ4n) is 1.82. The summed E-state index contributed by atoms with van der Waals surface area (Å²) in [6.07, 6.45) is -1.66. The summed E-state index contributed by atoms with van der Waals surface area (Å²) in [7, 11) is 0. The number of ether oxygens (including phenoxy) is 2. The zero-order chi connectivity index (χ0) is 16.1. The molecule has 1 aromatic rings. The van der Waals surface area contributed by atoms with Crippen molar-refractivity contribution in [3.63, 3.8) is 0 Å². The van der Waals surface area contributed by atoms with Gasteiger partial charge < -0.3 is 29.6 Å². The van der Waals surface area contributed by atoms with Crippen LogP contribution in [0.1, 0.15) is 12.8 Å². The Morgan fingerprint density at radius 1 is 1.23 bits per heavy atom. The minimum Gasteiger partial charge on any atom is -0.433 e. The van der Waals surface area contributed by atoms with E-state index in [0.29, 0.717) is 0 Å². The van der Waals surface area contributed by atoms with Gasteiger partial charge in [-0.05, 0) is 0 Å². The van der Waals surface area contributed by atoms with E-state index in [2.05, 4.69) is 4.98 Å². The Hall–Kier alpha value is -2.01. The van der Waals surface area contributed by atoms with E-state index < -0.39 is 43.1 Å². The number of hydrogen-bond acceptors (Lipinski definition) is 9. The molecule has 10 heteroatoms. The minimum absolute atomic E-state index is 0.244. The second kappa shape index (κ2) is 7.31. The van der Waals surface area contributed by atoms with E-state index in [-0.39, 0.29) is 12.8 Å². The van der Waals surface area contributed by atoms with Crippen molar-refractivity contribution in [3.05, 3.63) is 18.7 Å². The number of nitrogens with zero attached hydrogens (tertiary/aromatic N) is 2. The third-order valence-corrected chi connectivity index (χ3v) is 2.97. The van der Waals surface area contributed by atoms with Crippen LogP contribution < -0.4 is 4.84 Å². The summed E-state index contributed by atoms with van der Waals surface area (Å²) in [5.41, 5.74) is 0. The Kier molecular flexibility index (Phi) is 5.44. The van der Waals surface area contributed by atoms with Crippen LogP contribution in [0.5, 0.6) is 0 Å². The lowest BCUT2D eigenvalue weighted by atomic mass is 10.1. The first-order chi connectivity index (χ1) is 10.5. The zero-order valence-corrected chi connectivity index (χ0v) is 11.4. The number of hydrogen-bond donors (Lipinski definition) is 3. The van der Waals surface area contributed by atoms with Crippen molar-refractivity contribution in [2.75, 3.05) is 6.61 Å². The molecule has 0 spiro atoms. The van der Waals surface area contributed by atoms with Crippen molar-refractivity contribution in [3.8, 4) is 0 Å². The fraction of sp³-hybridized carbons (Fsp3) is 0.583. The third kappa shape index (κ3) is 4.01. The van der Waals surface area contributed by atoms with Gasteiger partial charge in [0.25, 0.3) is 0 Å². The molecule has 3 N–H and O–H groups in total. The highest BCUT2D eigenvalue weighted by Crippen LogP contribution is 2.22. The van der Waals surface area contributed by atoms with E-state index in [1.165, 1.54) is 18.7 Å². The highest BCUT2D eigenvalue weighted by atomic mass is 16.7. The molecule has 1 aromatic heterocycles. The molecular formula is C12H16N2O8. The first-order valence-electron chi connectivity index (χ1n) is 6.52. The maximum Gasteiger partial charge on any atom is 0.333 e. The molecule has 0 radical (unpaired) electrons. The summed E-state index contributed by atoms with van der Waals surface area (Å²) in [6.45, 7) is -0.524. The molecule has 0 amide bonds. The predicted molar refractivity (Wildman–Crippen MR) is 66.9 cm³/mol.